The lowest BCUT2D eigenvalue weighted by Crippen LogP contribution is -2.27. The smallest absolute Gasteiger partial charge is 0.165 e. The summed E-state index contributed by atoms with van der Waals surface area (Å²) in [6.07, 6.45) is 2.77. The number of hydrogen-bond acceptors (Lipinski definition) is 4. The van der Waals surface area contributed by atoms with Crippen LogP contribution in [0.2, 0.25) is 0 Å². The molecule has 4 nitrogen and oxygen atoms in total. The molecule has 0 amide bonds. The molecule has 1 aliphatic rings. The molecule has 0 spiro atoms. The lowest BCUT2D eigenvalue weighted by atomic mass is 9.93. The zero-order chi connectivity index (χ0) is 20.9. The number of aromatic hydroxyl groups is 1. The molecule has 0 aliphatic carbocycles. The van der Waals surface area contributed by atoms with E-state index in [0.29, 0.717) is 5.75 Å². The van der Waals surface area contributed by atoms with Crippen molar-refractivity contribution in [3.63, 3.8) is 0 Å². The van der Waals surface area contributed by atoms with Crippen LogP contribution < -0.4 is 9.47 Å². The molecular formula is C26H30ClNO3. The highest BCUT2D eigenvalue weighted by Crippen LogP contribution is 2.36. The van der Waals surface area contributed by atoms with E-state index in [-0.39, 0.29) is 12.4 Å². The quantitative estimate of drug-likeness (QED) is 0.608. The van der Waals surface area contributed by atoms with Gasteiger partial charge >= 0.3 is 0 Å². The van der Waals surface area contributed by atoms with E-state index in [9.17, 15) is 5.11 Å². The van der Waals surface area contributed by atoms with E-state index in [0.717, 1.165) is 50.4 Å². The van der Waals surface area contributed by atoms with Crippen molar-refractivity contribution in [2.75, 3.05) is 20.8 Å². The van der Waals surface area contributed by atoms with Gasteiger partial charge in [-0.25, -0.2) is 0 Å². The lowest BCUT2D eigenvalue weighted by Gasteiger charge is -2.27. The average molecular weight is 440 g/mol. The third kappa shape index (κ3) is 5.33. The largest absolute Gasteiger partial charge is 0.508 e. The maximum absolute atomic E-state index is 10.0. The number of nitrogens with zero attached hydrogens (tertiary/aromatic N) is 1. The van der Waals surface area contributed by atoms with Crippen molar-refractivity contribution >= 4 is 12.4 Å². The van der Waals surface area contributed by atoms with E-state index < -0.39 is 0 Å². The second-order valence-electron chi connectivity index (χ2n) is 7.84. The number of ether oxygens (including phenoxy) is 2. The van der Waals surface area contributed by atoms with E-state index in [1.54, 1.807) is 20.3 Å². The van der Waals surface area contributed by atoms with E-state index in [1.165, 1.54) is 27.8 Å². The Morgan fingerprint density at radius 2 is 1.58 bits per heavy atom. The third-order valence-electron chi connectivity index (χ3n) is 5.93. The molecule has 1 N–H and O–H groups in total. The normalized spacial score (nSPS) is 14.0. The van der Waals surface area contributed by atoms with E-state index in [1.807, 2.05) is 18.2 Å². The Kier molecular flexibility index (Phi) is 7.83. The first kappa shape index (κ1) is 23.0. The zero-order valence-electron chi connectivity index (χ0n) is 18.1. The van der Waals surface area contributed by atoms with Crippen LogP contribution >= 0.6 is 12.4 Å². The van der Waals surface area contributed by atoms with Crippen molar-refractivity contribution in [2.24, 2.45) is 0 Å². The summed E-state index contributed by atoms with van der Waals surface area (Å²) in [6.45, 7) is 2.54. The minimum Gasteiger partial charge on any atom is -0.508 e. The van der Waals surface area contributed by atoms with E-state index in [2.05, 4.69) is 41.3 Å². The number of aryl methyl sites for hydroxylation is 2. The summed E-state index contributed by atoms with van der Waals surface area (Å²) < 4.78 is 11.4. The van der Waals surface area contributed by atoms with Gasteiger partial charge in [0.15, 0.2) is 11.5 Å². The van der Waals surface area contributed by atoms with Gasteiger partial charge in [0.25, 0.3) is 0 Å². The van der Waals surface area contributed by atoms with Gasteiger partial charge in [-0.3, -0.25) is 4.90 Å². The van der Waals surface area contributed by atoms with Gasteiger partial charge in [-0.15, -0.1) is 12.4 Å². The molecule has 1 aliphatic heterocycles. The standard InChI is InChI=1S/C26H29NO3.ClH/c1-29-25-13-11-21-9-8-20-10-12-23(28)16-22(20)14-15-27(18-24(21)26(25)30-2)17-19-6-4-3-5-7-19;/h3-7,10-13,16,28H,8-9,14-15,17-18H2,1-2H3;1H. The zero-order valence-corrected chi connectivity index (χ0v) is 19.0. The number of benzene rings is 3. The molecule has 4 rings (SSSR count). The number of halogens is 1. The molecule has 31 heavy (non-hydrogen) atoms. The molecule has 164 valence electrons. The average Bonchev–Trinajstić information content (AvgIpc) is 2.77. The number of hydrogen-bond donors (Lipinski definition) is 1. The van der Waals surface area contributed by atoms with E-state index >= 15 is 0 Å². The lowest BCUT2D eigenvalue weighted by molar-refractivity contribution is 0.252. The Morgan fingerprint density at radius 1 is 0.839 bits per heavy atom. The molecule has 3 aromatic rings. The van der Waals surface area contributed by atoms with Crippen molar-refractivity contribution in [2.45, 2.75) is 32.4 Å². The van der Waals surface area contributed by atoms with Gasteiger partial charge in [-0.2, -0.15) is 0 Å². The SMILES string of the molecule is COc1ccc2c(c1OC)CN(Cc1ccccc1)CCc1cc(O)ccc1CC2.Cl. The van der Waals surface area contributed by atoms with Crippen LogP contribution in [0.25, 0.3) is 0 Å². The summed E-state index contributed by atoms with van der Waals surface area (Å²) in [5.41, 5.74) is 6.31. The van der Waals surface area contributed by atoms with Gasteiger partial charge in [-0.05, 0) is 59.7 Å². The van der Waals surface area contributed by atoms with Crippen molar-refractivity contribution in [3.05, 3.63) is 88.5 Å². The van der Waals surface area contributed by atoms with Crippen LogP contribution in [0.1, 0.15) is 27.8 Å². The highest BCUT2D eigenvalue weighted by Gasteiger charge is 2.20. The first-order valence-electron chi connectivity index (χ1n) is 10.5. The Hall–Kier alpha value is -2.69. The first-order chi connectivity index (χ1) is 14.7. The van der Waals surface area contributed by atoms with Crippen molar-refractivity contribution < 1.29 is 14.6 Å². The van der Waals surface area contributed by atoms with Crippen LogP contribution in [0.3, 0.4) is 0 Å². The van der Waals surface area contributed by atoms with Crippen molar-refractivity contribution in [1.82, 2.24) is 4.90 Å². The fraction of sp³-hybridized carbons (Fsp3) is 0.308. The monoisotopic (exact) mass is 439 g/mol. The number of phenols is 1. The number of fused-ring (bicyclic) bond motifs is 2. The molecule has 0 radical (unpaired) electrons. The molecule has 0 atom stereocenters. The molecule has 0 unspecified atom stereocenters. The molecule has 3 aromatic carbocycles. The van der Waals surface area contributed by atoms with E-state index in [4.69, 9.17) is 9.47 Å². The molecule has 0 saturated carbocycles. The second-order valence-corrected chi connectivity index (χ2v) is 7.84. The number of rotatable bonds is 4. The Balaban J connectivity index is 0.00000272. The molecule has 0 saturated heterocycles. The van der Waals surface area contributed by atoms with Crippen LogP contribution in [0.4, 0.5) is 0 Å². The molecular weight excluding hydrogens is 410 g/mol. The Morgan fingerprint density at radius 3 is 2.32 bits per heavy atom. The Labute approximate surface area is 190 Å². The van der Waals surface area contributed by atoms with Gasteiger partial charge < -0.3 is 14.6 Å². The van der Waals surface area contributed by atoms with Crippen molar-refractivity contribution in [3.8, 4) is 17.2 Å². The van der Waals surface area contributed by atoms with Crippen LogP contribution in [0, 0.1) is 0 Å². The summed E-state index contributed by atoms with van der Waals surface area (Å²) in [6, 6.07) is 20.5. The van der Waals surface area contributed by atoms with Crippen LogP contribution in [0.15, 0.2) is 60.7 Å². The van der Waals surface area contributed by atoms with Gasteiger partial charge in [0.05, 0.1) is 14.2 Å². The highest BCUT2D eigenvalue weighted by molar-refractivity contribution is 5.85. The van der Waals surface area contributed by atoms with Gasteiger partial charge in [0, 0.05) is 25.2 Å². The van der Waals surface area contributed by atoms with Crippen LogP contribution in [0.5, 0.6) is 17.2 Å². The fourth-order valence-corrected chi connectivity index (χ4v) is 4.36. The molecule has 1 heterocycles. The van der Waals surface area contributed by atoms with Gasteiger partial charge in [0.2, 0.25) is 0 Å². The molecule has 0 fully saturated rings. The molecule has 0 aromatic heterocycles. The number of methoxy groups -OCH3 is 2. The second kappa shape index (κ2) is 10.6. The summed E-state index contributed by atoms with van der Waals surface area (Å²) in [5, 5.41) is 10.0. The topological polar surface area (TPSA) is 41.9 Å². The highest BCUT2D eigenvalue weighted by atomic mass is 35.5. The minimum absolute atomic E-state index is 0. The minimum atomic E-state index is 0. The maximum Gasteiger partial charge on any atom is 0.165 e. The fourth-order valence-electron chi connectivity index (χ4n) is 4.36. The predicted octanol–water partition coefficient (Wildman–Crippen LogP) is 5.17. The van der Waals surface area contributed by atoms with Gasteiger partial charge in [-0.1, -0.05) is 42.5 Å². The van der Waals surface area contributed by atoms with Gasteiger partial charge in [0.1, 0.15) is 5.75 Å². The first-order valence-corrected chi connectivity index (χ1v) is 10.5. The third-order valence-corrected chi connectivity index (χ3v) is 5.93. The molecule has 5 heteroatoms. The number of phenolic OH excluding ortho intramolecular Hbond substituents is 1. The summed E-state index contributed by atoms with van der Waals surface area (Å²) in [5.74, 6) is 1.95. The van der Waals surface area contributed by atoms with Crippen LogP contribution in [-0.2, 0) is 32.4 Å². The van der Waals surface area contributed by atoms with Crippen molar-refractivity contribution in [1.29, 1.82) is 0 Å². The Bertz CT molecular complexity index is 1010. The molecule has 0 bridgehead atoms. The summed E-state index contributed by atoms with van der Waals surface area (Å²) in [7, 11) is 3.41. The maximum atomic E-state index is 10.0. The summed E-state index contributed by atoms with van der Waals surface area (Å²) >= 11 is 0. The predicted molar refractivity (Wildman–Crippen MR) is 127 cm³/mol. The summed E-state index contributed by atoms with van der Waals surface area (Å²) in [4.78, 5) is 2.45. The van der Waals surface area contributed by atoms with Crippen LogP contribution in [-0.4, -0.2) is 30.8 Å².